The molecule has 0 saturated heterocycles. The number of nitrogens with zero attached hydrogens (tertiary/aromatic N) is 4. The van der Waals surface area contributed by atoms with Crippen LogP contribution in [0.2, 0.25) is 0 Å². The van der Waals surface area contributed by atoms with Gasteiger partial charge in [0.2, 0.25) is 5.82 Å². The molecule has 8 heteroatoms. The van der Waals surface area contributed by atoms with Gasteiger partial charge in [-0.3, -0.25) is 19.9 Å². The van der Waals surface area contributed by atoms with E-state index in [1.807, 2.05) is 49.4 Å². The lowest BCUT2D eigenvalue weighted by molar-refractivity contribution is 0.0930. The number of carbonyl (C=O) groups is 1. The third-order valence-electron chi connectivity index (χ3n) is 4.81. The van der Waals surface area contributed by atoms with Crippen LogP contribution in [0.5, 0.6) is 0 Å². The maximum atomic E-state index is 12.6. The van der Waals surface area contributed by atoms with E-state index in [9.17, 15) is 4.79 Å². The molecule has 0 radical (unpaired) electrons. The van der Waals surface area contributed by atoms with Crippen LogP contribution in [0, 0.1) is 0 Å². The molecular weight excluding hydrogens is 366 g/mol. The van der Waals surface area contributed by atoms with Gasteiger partial charge in [-0.2, -0.15) is 0 Å². The number of nitrogens with one attached hydrogen (secondary N) is 3. The summed E-state index contributed by atoms with van der Waals surface area (Å²) >= 11 is 0. The molecule has 4 aromatic heterocycles. The second kappa shape index (κ2) is 6.83. The van der Waals surface area contributed by atoms with Crippen molar-refractivity contribution in [3.63, 3.8) is 0 Å². The molecule has 5 rings (SSSR count). The second-order valence-corrected chi connectivity index (χ2v) is 6.74. The van der Waals surface area contributed by atoms with Crippen molar-refractivity contribution in [2.24, 2.45) is 0 Å². The highest BCUT2D eigenvalue weighted by molar-refractivity contribution is 6.02. The molecule has 0 aliphatic rings. The average molecular weight is 383 g/mol. The van der Waals surface area contributed by atoms with Crippen LogP contribution in [-0.2, 0) is 0 Å². The first-order chi connectivity index (χ1) is 14.2. The number of aromatic nitrogens is 6. The normalized spacial score (nSPS) is 12.3. The summed E-state index contributed by atoms with van der Waals surface area (Å²) in [5, 5.41) is 10.2. The van der Waals surface area contributed by atoms with Crippen molar-refractivity contribution in [2.45, 2.75) is 13.0 Å². The third-order valence-corrected chi connectivity index (χ3v) is 4.81. The van der Waals surface area contributed by atoms with Crippen molar-refractivity contribution in [2.75, 3.05) is 0 Å². The van der Waals surface area contributed by atoms with Crippen LogP contribution >= 0.6 is 0 Å². The van der Waals surface area contributed by atoms with E-state index in [0.29, 0.717) is 11.0 Å². The van der Waals surface area contributed by atoms with Crippen LogP contribution in [0.4, 0.5) is 0 Å². The topological polar surface area (TPSA) is 112 Å². The van der Waals surface area contributed by atoms with Crippen LogP contribution in [0.3, 0.4) is 0 Å². The first kappa shape index (κ1) is 17.1. The van der Waals surface area contributed by atoms with Crippen molar-refractivity contribution in [3.05, 3.63) is 72.6 Å². The van der Waals surface area contributed by atoms with E-state index in [4.69, 9.17) is 0 Å². The molecule has 4 heterocycles. The lowest BCUT2D eigenvalue weighted by atomic mass is 10.1. The molecular formula is C21H17N7O. The van der Waals surface area contributed by atoms with Crippen molar-refractivity contribution in [1.82, 2.24) is 35.5 Å². The monoisotopic (exact) mass is 383 g/mol. The van der Waals surface area contributed by atoms with Gasteiger partial charge in [0, 0.05) is 29.5 Å². The third kappa shape index (κ3) is 3.10. The number of hydrogen-bond donors (Lipinski definition) is 3. The van der Waals surface area contributed by atoms with Gasteiger partial charge in [-0.25, -0.2) is 9.97 Å². The molecule has 0 aliphatic heterocycles. The number of rotatable bonds is 4. The number of hydrogen-bond acceptors (Lipinski definition) is 5. The zero-order valence-corrected chi connectivity index (χ0v) is 15.5. The highest BCUT2D eigenvalue weighted by atomic mass is 16.2. The largest absolute Gasteiger partial charge is 0.341 e. The molecule has 1 atom stereocenters. The minimum atomic E-state index is -0.330. The lowest BCUT2D eigenvalue weighted by Crippen LogP contribution is -2.28. The van der Waals surface area contributed by atoms with Gasteiger partial charge in [0.1, 0.15) is 0 Å². The van der Waals surface area contributed by atoms with Crippen molar-refractivity contribution >= 4 is 27.8 Å². The summed E-state index contributed by atoms with van der Waals surface area (Å²) in [6.45, 7) is 1.88. The standard InChI is InChI=1S/C21H17N7O/c1-12(15-4-2-3-7-23-15)24-21(29)20-25-17-10-14-16(11-18(17)26-20)27-28-19(14)13-5-8-22-9-6-13/h2-12,27-28H,1H3,(H,24,29). The van der Waals surface area contributed by atoms with E-state index in [1.54, 1.807) is 18.6 Å². The fraction of sp³-hybridized carbons (Fsp3) is 0.0952. The molecule has 142 valence electrons. The Hall–Kier alpha value is -4.07. The van der Waals surface area contributed by atoms with Gasteiger partial charge >= 0.3 is 0 Å². The van der Waals surface area contributed by atoms with Gasteiger partial charge in [-0.1, -0.05) is 6.07 Å². The summed E-state index contributed by atoms with van der Waals surface area (Å²) in [5.74, 6) is -0.186. The van der Waals surface area contributed by atoms with Crippen molar-refractivity contribution in [1.29, 1.82) is 0 Å². The van der Waals surface area contributed by atoms with E-state index >= 15 is 0 Å². The molecule has 29 heavy (non-hydrogen) atoms. The minimum absolute atomic E-state index is 0.143. The number of aromatic amines is 2. The zero-order valence-electron chi connectivity index (χ0n) is 15.5. The number of pyridine rings is 2. The fourth-order valence-corrected chi connectivity index (χ4v) is 3.33. The quantitative estimate of drug-likeness (QED) is 0.440. The average Bonchev–Trinajstić information content (AvgIpc) is 3.36. The lowest BCUT2D eigenvalue weighted by Gasteiger charge is -2.11. The van der Waals surface area contributed by atoms with E-state index in [2.05, 4.69) is 35.5 Å². The molecule has 0 saturated carbocycles. The molecule has 0 bridgehead atoms. The second-order valence-electron chi connectivity index (χ2n) is 6.74. The Morgan fingerprint density at radius 2 is 1.79 bits per heavy atom. The Bertz CT molecular complexity index is 1310. The minimum Gasteiger partial charge on any atom is -0.341 e. The van der Waals surface area contributed by atoms with Crippen molar-refractivity contribution < 1.29 is 4.79 Å². The molecule has 1 aromatic carbocycles. The molecule has 1 unspecified atom stereocenters. The summed E-state index contributed by atoms with van der Waals surface area (Å²) in [4.78, 5) is 29.8. The van der Waals surface area contributed by atoms with Gasteiger partial charge in [0.05, 0.1) is 34.0 Å². The number of imidazole rings is 1. The fourth-order valence-electron chi connectivity index (χ4n) is 3.33. The molecule has 1 amide bonds. The maximum Gasteiger partial charge on any atom is 0.289 e. The summed E-state index contributed by atoms with van der Waals surface area (Å²) in [5.41, 5.74) is 4.93. The van der Waals surface area contributed by atoms with Gasteiger partial charge < -0.3 is 10.4 Å². The summed E-state index contributed by atoms with van der Waals surface area (Å²) in [7, 11) is 0. The number of carbonyl (C=O) groups excluding carboxylic acids is 1. The smallest absolute Gasteiger partial charge is 0.289 e. The highest BCUT2D eigenvalue weighted by Gasteiger charge is 2.18. The Morgan fingerprint density at radius 1 is 1.00 bits per heavy atom. The SMILES string of the molecule is CC(NC(=O)c1nc2cc3[nH][nH]c(-c4ccncc4)c3cc2n1)c1ccccn1. The van der Waals surface area contributed by atoms with Crippen LogP contribution in [0.1, 0.15) is 29.3 Å². The van der Waals surface area contributed by atoms with Gasteiger partial charge in [0.15, 0.2) is 0 Å². The first-order valence-corrected chi connectivity index (χ1v) is 9.19. The molecule has 8 nitrogen and oxygen atoms in total. The van der Waals surface area contributed by atoms with Crippen LogP contribution in [0.15, 0.2) is 61.1 Å². The Labute approximate surface area is 165 Å². The van der Waals surface area contributed by atoms with E-state index in [-0.39, 0.29) is 17.8 Å². The Kier molecular flexibility index (Phi) is 4.02. The number of amides is 1. The molecule has 0 spiro atoms. The predicted molar refractivity (Wildman–Crippen MR) is 109 cm³/mol. The van der Waals surface area contributed by atoms with Crippen molar-refractivity contribution in [3.8, 4) is 11.3 Å². The van der Waals surface area contributed by atoms with Gasteiger partial charge in [-0.05, 0) is 43.3 Å². The van der Waals surface area contributed by atoms with E-state index in [1.165, 1.54) is 0 Å². The highest BCUT2D eigenvalue weighted by Crippen LogP contribution is 2.28. The maximum absolute atomic E-state index is 12.6. The van der Waals surface area contributed by atoms with Gasteiger partial charge in [0.25, 0.3) is 5.91 Å². The summed E-state index contributed by atoms with van der Waals surface area (Å²) < 4.78 is 0. The number of benzene rings is 1. The zero-order chi connectivity index (χ0) is 19.8. The van der Waals surface area contributed by atoms with Crippen LogP contribution in [-0.4, -0.2) is 36.0 Å². The number of fused-ring (bicyclic) bond motifs is 2. The molecule has 0 aliphatic carbocycles. The first-order valence-electron chi connectivity index (χ1n) is 9.19. The summed E-state index contributed by atoms with van der Waals surface area (Å²) in [6.07, 6.45) is 5.19. The molecule has 5 aromatic rings. The molecule has 3 N–H and O–H groups in total. The van der Waals surface area contributed by atoms with Gasteiger partial charge in [-0.15, -0.1) is 0 Å². The predicted octanol–water partition coefficient (Wildman–Crippen LogP) is 3.39. The Balaban J connectivity index is 1.48. The van der Waals surface area contributed by atoms with Crippen LogP contribution in [0.25, 0.3) is 33.2 Å². The van der Waals surface area contributed by atoms with Crippen LogP contribution < -0.4 is 5.32 Å². The summed E-state index contributed by atoms with van der Waals surface area (Å²) in [6, 6.07) is 13.0. The van der Waals surface area contributed by atoms with E-state index in [0.717, 1.165) is 27.9 Å². The van der Waals surface area contributed by atoms with E-state index < -0.39 is 0 Å². The molecule has 0 fully saturated rings. The number of H-pyrrole nitrogens is 2. The Morgan fingerprint density at radius 3 is 2.55 bits per heavy atom.